The fourth-order valence-corrected chi connectivity index (χ4v) is 3.41. The highest BCUT2D eigenvalue weighted by atomic mass is 32.1. The molecule has 3 amide bonds. The zero-order valence-corrected chi connectivity index (χ0v) is 17.0. The van der Waals surface area contributed by atoms with Crippen molar-refractivity contribution in [1.29, 1.82) is 0 Å². The molecule has 1 unspecified atom stereocenters. The first-order valence-corrected chi connectivity index (χ1v) is 10.4. The molecule has 30 heavy (non-hydrogen) atoms. The van der Waals surface area contributed by atoms with Gasteiger partial charge in [0.2, 0.25) is 5.91 Å². The maximum atomic E-state index is 12.7. The second-order valence-corrected chi connectivity index (χ2v) is 7.43. The second kappa shape index (κ2) is 10.9. The maximum absolute atomic E-state index is 12.7. The molecule has 0 saturated heterocycles. The Morgan fingerprint density at radius 1 is 0.900 bits per heavy atom. The summed E-state index contributed by atoms with van der Waals surface area (Å²) in [6, 6.07) is 15.6. The van der Waals surface area contributed by atoms with E-state index in [0.29, 0.717) is 16.9 Å². The molecule has 2 heterocycles. The number of pyridine rings is 1. The SMILES string of the molecule is O=C(NCCNC(=O)C(Cc1ccccc1)NC(=O)c1cccs1)c1cccnc1. The number of hydrogen-bond donors (Lipinski definition) is 3. The summed E-state index contributed by atoms with van der Waals surface area (Å²) in [6.07, 6.45) is 3.43. The fraction of sp³-hybridized carbons (Fsp3) is 0.182. The molecule has 7 nitrogen and oxygen atoms in total. The lowest BCUT2D eigenvalue weighted by molar-refractivity contribution is -0.122. The third kappa shape index (κ3) is 6.25. The van der Waals surface area contributed by atoms with Crippen molar-refractivity contribution in [3.8, 4) is 0 Å². The Balaban J connectivity index is 1.54. The summed E-state index contributed by atoms with van der Waals surface area (Å²) in [6.45, 7) is 0.501. The summed E-state index contributed by atoms with van der Waals surface area (Å²) in [4.78, 5) is 41.6. The smallest absolute Gasteiger partial charge is 0.262 e. The molecule has 2 aromatic heterocycles. The molecular weight excluding hydrogens is 400 g/mol. The topological polar surface area (TPSA) is 100 Å². The van der Waals surface area contributed by atoms with Crippen molar-refractivity contribution >= 4 is 29.1 Å². The second-order valence-electron chi connectivity index (χ2n) is 6.48. The molecule has 3 rings (SSSR count). The van der Waals surface area contributed by atoms with Gasteiger partial charge >= 0.3 is 0 Å². The molecule has 0 saturated carbocycles. The Bertz CT molecular complexity index is 963. The largest absolute Gasteiger partial charge is 0.353 e. The number of carbonyl (C=O) groups is 3. The predicted molar refractivity (Wildman–Crippen MR) is 115 cm³/mol. The van der Waals surface area contributed by atoms with Crippen LogP contribution in [0.2, 0.25) is 0 Å². The summed E-state index contributed by atoms with van der Waals surface area (Å²) < 4.78 is 0. The fourth-order valence-electron chi connectivity index (χ4n) is 2.78. The maximum Gasteiger partial charge on any atom is 0.262 e. The van der Waals surface area contributed by atoms with E-state index in [1.165, 1.54) is 17.5 Å². The number of aromatic nitrogens is 1. The van der Waals surface area contributed by atoms with Crippen molar-refractivity contribution < 1.29 is 14.4 Å². The van der Waals surface area contributed by atoms with Crippen molar-refractivity contribution in [1.82, 2.24) is 20.9 Å². The van der Waals surface area contributed by atoms with Crippen molar-refractivity contribution in [3.05, 3.63) is 88.4 Å². The highest BCUT2D eigenvalue weighted by molar-refractivity contribution is 7.12. The third-order valence-electron chi connectivity index (χ3n) is 4.28. The molecular formula is C22H22N4O3S. The van der Waals surface area contributed by atoms with Gasteiger partial charge in [0.15, 0.2) is 0 Å². The number of nitrogens with one attached hydrogen (secondary N) is 3. The Hall–Kier alpha value is -3.52. The lowest BCUT2D eigenvalue weighted by Crippen LogP contribution is -2.49. The number of amides is 3. The van der Waals surface area contributed by atoms with Gasteiger partial charge in [-0.05, 0) is 29.1 Å². The van der Waals surface area contributed by atoms with E-state index in [-0.39, 0.29) is 30.8 Å². The summed E-state index contributed by atoms with van der Waals surface area (Å²) in [5.41, 5.74) is 1.39. The molecule has 1 aromatic carbocycles. The molecule has 0 aliphatic carbocycles. The van der Waals surface area contributed by atoms with Crippen LogP contribution >= 0.6 is 11.3 Å². The van der Waals surface area contributed by atoms with E-state index in [0.717, 1.165) is 5.56 Å². The van der Waals surface area contributed by atoms with Gasteiger partial charge in [-0.3, -0.25) is 19.4 Å². The van der Waals surface area contributed by atoms with Gasteiger partial charge in [0.1, 0.15) is 6.04 Å². The van der Waals surface area contributed by atoms with Crippen LogP contribution in [0.5, 0.6) is 0 Å². The number of rotatable bonds is 9. The lowest BCUT2D eigenvalue weighted by atomic mass is 10.1. The molecule has 154 valence electrons. The molecule has 0 spiro atoms. The molecule has 1 atom stereocenters. The van der Waals surface area contributed by atoms with Crippen molar-refractivity contribution in [3.63, 3.8) is 0 Å². The highest BCUT2D eigenvalue weighted by Crippen LogP contribution is 2.10. The molecule has 3 N–H and O–H groups in total. The Kier molecular flexibility index (Phi) is 7.68. The number of hydrogen-bond acceptors (Lipinski definition) is 5. The van der Waals surface area contributed by atoms with Gasteiger partial charge in [-0.25, -0.2) is 0 Å². The Morgan fingerprint density at radius 3 is 2.40 bits per heavy atom. The number of carbonyl (C=O) groups excluding carboxylic acids is 3. The molecule has 0 bridgehead atoms. The van der Waals surface area contributed by atoms with Crippen molar-refractivity contribution in [2.24, 2.45) is 0 Å². The monoisotopic (exact) mass is 422 g/mol. The van der Waals surface area contributed by atoms with Crippen LogP contribution in [0.25, 0.3) is 0 Å². The van der Waals surface area contributed by atoms with E-state index in [4.69, 9.17) is 0 Å². The van der Waals surface area contributed by atoms with Crippen LogP contribution < -0.4 is 16.0 Å². The molecule has 0 radical (unpaired) electrons. The Morgan fingerprint density at radius 2 is 1.70 bits per heavy atom. The van der Waals surface area contributed by atoms with Gasteiger partial charge < -0.3 is 16.0 Å². The van der Waals surface area contributed by atoms with Crippen LogP contribution in [0, 0.1) is 0 Å². The van der Waals surface area contributed by atoms with Crippen LogP contribution in [0.15, 0.2) is 72.4 Å². The highest BCUT2D eigenvalue weighted by Gasteiger charge is 2.22. The molecule has 0 aliphatic heterocycles. The summed E-state index contributed by atoms with van der Waals surface area (Å²) in [5, 5.41) is 10.1. The van der Waals surface area contributed by atoms with Gasteiger partial charge in [-0.2, -0.15) is 0 Å². The van der Waals surface area contributed by atoms with Crippen molar-refractivity contribution in [2.75, 3.05) is 13.1 Å². The van der Waals surface area contributed by atoms with Crippen LogP contribution in [0.1, 0.15) is 25.6 Å². The van der Waals surface area contributed by atoms with Gasteiger partial charge in [0.25, 0.3) is 11.8 Å². The van der Waals surface area contributed by atoms with Gasteiger partial charge in [-0.1, -0.05) is 36.4 Å². The average molecular weight is 423 g/mol. The first-order chi connectivity index (χ1) is 14.6. The summed E-state index contributed by atoms with van der Waals surface area (Å²) in [7, 11) is 0. The standard InChI is InChI=1S/C22H22N4O3S/c27-20(17-8-4-10-23-15-17)24-11-12-25-21(28)18(14-16-6-2-1-3-7-16)26-22(29)19-9-5-13-30-19/h1-10,13,15,18H,11-12,14H2,(H,24,27)(H,25,28)(H,26,29). The van der Waals surface area contributed by atoms with Crippen LogP contribution in [0.3, 0.4) is 0 Å². The minimum atomic E-state index is -0.726. The summed E-state index contributed by atoms with van der Waals surface area (Å²) >= 11 is 1.32. The summed E-state index contributed by atoms with van der Waals surface area (Å²) in [5.74, 6) is -0.852. The molecule has 3 aromatic rings. The number of nitrogens with zero attached hydrogens (tertiary/aromatic N) is 1. The normalized spacial score (nSPS) is 11.3. The van der Waals surface area contributed by atoms with Gasteiger partial charge in [-0.15, -0.1) is 11.3 Å². The quantitative estimate of drug-likeness (QED) is 0.460. The lowest BCUT2D eigenvalue weighted by Gasteiger charge is -2.18. The van der Waals surface area contributed by atoms with E-state index in [2.05, 4.69) is 20.9 Å². The molecule has 8 heteroatoms. The number of thiophene rings is 1. The predicted octanol–water partition coefficient (Wildman–Crippen LogP) is 2.03. The van der Waals surface area contributed by atoms with Crippen LogP contribution in [-0.4, -0.2) is 41.8 Å². The minimum absolute atomic E-state index is 0.241. The first-order valence-electron chi connectivity index (χ1n) is 9.47. The van der Waals surface area contributed by atoms with Gasteiger partial charge in [0.05, 0.1) is 10.4 Å². The number of benzene rings is 1. The van der Waals surface area contributed by atoms with Gasteiger partial charge in [0, 0.05) is 31.9 Å². The Labute approximate surface area is 178 Å². The average Bonchev–Trinajstić information content (AvgIpc) is 3.32. The van der Waals surface area contributed by atoms with E-state index in [1.807, 2.05) is 35.7 Å². The zero-order valence-electron chi connectivity index (χ0n) is 16.2. The van der Waals surface area contributed by atoms with E-state index < -0.39 is 6.04 Å². The van der Waals surface area contributed by atoms with E-state index >= 15 is 0 Å². The minimum Gasteiger partial charge on any atom is -0.353 e. The van der Waals surface area contributed by atoms with Crippen LogP contribution in [-0.2, 0) is 11.2 Å². The molecule has 0 fully saturated rings. The zero-order chi connectivity index (χ0) is 21.2. The van der Waals surface area contributed by atoms with Crippen molar-refractivity contribution in [2.45, 2.75) is 12.5 Å². The molecule has 0 aliphatic rings. The first kappa shape index (κ1) is 21.2. The third-order valence-corrected chi connectivity index (χ3v) is 5.15. The van der Waals surface area contributed by atoms with Crippen LogP contribution in [0.4, 0.5) is 0 Å². The van der Waals surface area contributed by atoms with E-state index in [9.17, 15) is 14.4 Å². The van der Waals surface area contributed by atoms with E-state index in [1.54, 1.807) is 30.5 Å².